The van der Waals surface area contributed by atoms with Crippen LogP contribution in [0.4, 0.5) is 0 Å². The van der Waals surface area contributed by atoms with Gasteiger partial charge >= 0.3 is 0 Å². The molecule has 3 aromatic carbocycles. The summed E-state index contributed by atoms with van der Waals surface area (Å²) in [6.45, 7) is 3.51. The Morgan fingerprint density at radius 3 is 2.29 bits per heavy atom. The molecule has 1 fully saturated rings. The molecule has 1 aliphatic carbocycles. The highest BCUT2D eigenvalue weighted by atomic mass is 16.5. The maximum absolute atomic E-state index is 13.9. The van der Waals surface area contributed by atoms with Gasteiger partial charge in [0, 0.05) is 47.9 Å². The molecule has 1 aromatic heterocycles. The first-order valence-corrected chi connectivity index (χ1v) is 14.1. The summed E-state index contributed by atoms with van der Waals surface area (Å²) in [7, 11) is 3.11. The number of aromatic amines is 1. The summed E-state index contributed by atoms with van der Waals surface area (Å²) >= 11 is 0. The first kappa shape index (κ1) is 28.1. The van der Waals surface area contributed by atoms with Gasteiger partial charge in [-0.1, -0.05) is 30.3 Å². The van der Waals surface area contributed by atoms with Crippen LogP contribution in [0.2, 0.25) is 0 Å². The number of amides is 2. The van der Waals surface area contributed by atoms with Crippen LogP contribution >= 0.6 is 0 Å². The van der Waals surface area contributed by atoms with Gasteiger partial charge in [-0.15, -0.1) is 0 Å². The number of hydrogen-bond donors (Lipinski definition) is 1. The minimum absolute atomic E-state index is 0.00788. The second-order valence-corrected chi connectivity index (χ2v) is 10.3. The summed E-state index contributed by atoms with van der Waals surface area (Å²) in [4.78, 5) is 34.5. The van der Waals surface area contributed by atoms with Crippen LogP contribution in [-0.2, 0) is 17.8 Å². The number of aromatic nitrogens is 1. The van der Waals surface area contributed by atoms with Gasteiger partial charge in [0.2, 0.25) is 5.91 Å². The van der Waals surface area contributed by atoms with Crippen LogP contribution in [0.25, 0.3) is 10.9 Å². The Morgan fingerprint density at radius 2 is 1.63 bits per heavy atom. The number of carbonyl (C=O) groups is 2. The van der Waals surface area contributed by atoms with Crippen molar-refractivity contribution in [3.05, 3.63) is 89.6 Å². The molecule has 0 spiro atoms. The predicted octanol–water partition coefficient (Wildman–Crippen LogP) is 5.46. The van der Waals surface area contributed by atoms with E-state index in [-0.39, 0.29) is 24.4 Å². The molecule has 1 heterocycles. The van der Waals surface area contributed by atoms with Gasteiger partial charge in [-0.2, -0.15) is 0 Å². The molecule has 0 atom stereocenters. The van der Waals surface area contributed by atoms with E-state index in [1.165, 1.54) is 0 Å². The highest BCUT2D eigenvalue weighted by Crippen LogP contribution is 2.31. The van der Waals surface area contributed by atoms with Crippen molar-refractivity contribution in [1.82, 2.24) is 14.8 Å². The Balaban J connectivity index is 1.36. The SMILES string of the molecule is CCOc1ccc(CN(CCc2c[nH]c3ccccc23)C(=O)CN(C(=O)c2cc(OC)cc(OC)c2)C2CC2)cc1. The average Bonchev–Trinajstić information content (AvgIpc) is 3.77. The lowest BCUT2D eigenvalue weighted by molar-refractivity contribution is -0.132. The quantitative estimate of drug-likeness (QED) is 0.237. The van der Waals surface area contributed by atoms with Gasteiger partial charge in [-0.25, -0.2) is 0 Å². The second kappa shape index (κ2) is 12.8. The number of para-hydroxylation sites is 1. The van der Waals surface area contributed by atoms with Gasteiger partial charge in [0.15, 0.2) is 0 Å². The van der Waals surface area contributed by atoms with Crippen LogP contribution in [0.5, 0.6) is 17.2 Å². The number of nitrogens with zero attached hydrogens (tertiary/aromatic N) is 2. The van der Waals surface area contributed by atoms with E-state index in [0.29, 0.717) is 43.2 Å². The minimum Gasteiger partial charge on any atom is -0.497 e. The predicted molar refractivity (Wildman–Crippen MR) is 159 cm³/mol. The van der Waals surface area contributed by atoms with E-state index in [0.717, 1.165) is 40.6 Å². The first-order chi connectivity index (χ1) is 20.0. The number of ether oxygens (including phenoxy) is 3. The van der Waals surface area contributed by atoms with Gasteiger partial charge in [0.25, 0.3) is 5.91 Å². The minimum atomic E-state index is -0.198. The molecular weight excluding hydrogens is 518 g/mol. The highest BCUT2D eigenvalue weighted by Gasteiger charge is 2.35. The van der Waals surface area contributed by atoms with Crippen molar-refractivity contribution in [3.63, 3.8) is 0 Å². The third-order valence-electron chi connectivity index (χ3n) is 7.44. The second-order valence-electron chi connectivity index (χ2n) is 10.3. The molecule has 8 nitrogen and oxygen atoms in total. The van der Waals surface area contributed by atoms with Gasteiger partial charge in [0.1, 0.15) is 23.8 Å². The number of methoxy groups -OCH3 is 2. The Labute approximate surface area is 240 Å². The fraction of sp³-hybridized carbons (Fsp3) is 0.333. The van der Waals surface area contributed by atoms with Crippen molar-refractivity contribution in [3.8, 4) is 17.2 Å². The Bertz CT molecular complexity index is 1470. The zero-order chi connectivity index (χ0) is 28.8. The van der Waals surface area contributed by atoms with E-state index in [4.69, 9.17) is 14.2 Å². The first-order valence-electron chi connectivity index (χ1n) is 14.1. The van der Waals surface area contributed by atoms with Crippen LogP contribution in [0, 0.1) is 0 Å². The van der Waals surface area contributed by atoms with E-state index in [9.17, 15) is 9.59 Å². The van der Waals surface area contributed by atoms with Crippen molar-refractivity contribution >= 4 is 22.7 Å². The molecule has 5 rings (SSSR count). The highest BCUT2D eigenvalue weighted by molar-refractivity contribution is 5.97. The van der Waals surface area contributed by atoms with Crippen molar-refractivity contribution in [1.29, 1.82) is 0 Å². The summed E-state index contributed by atoms with van der Waals surface area (Å²) in [5, 5.41) is 1.16. The van der Waals surface area contributed by atoms with E-state index < -0.39 is 0 Å². The fourth-order valence-corrected chi connectivity index (χ4v) is 5.06. The summed E-state index contributed by atoms with van der Waals surface area (Å²) in [5.41, 5.74) is 3.68. The third-order valence-corrected chi connectivity index (χ3v) is 7.44. The van der Waals surface area contributed by atoms with Crippen molar-refractivity contribution in [2.24, 2.45) is 0 Å². The fourth-order valence-electron chi connectivity index (χ4n) is 5.06. The molecule has 1 aliphatic rings. The van der Waals surface area contributed by atoms with E-state index >= 15 is 0 Å². The molecule has 0 bridgehead atoms. The van der Waals surface area contributed by atoms with Crippen LogP contribution in [-0.4, -0.2) is 66.6 Å². The summed E-state index contributed by atoms with van der Waals surface area (Å²) < 4.78 is 16.3. The number of nitrogens with one attached hydrogen (secondary N) is 1. The number of hydrogen-bond acceptors (Lipinski definition) is 5. The zero-order valence-corrected chi connectivity index (χ0v) is 23.9. The Hall–Kier alpha value is -4.46. The Morgan fingerprint density at radius 1 is 0.927 bits per heavy atom. The average molecular weight is 556 g/mol. The molecule has 2 amide bonds. The van der Waals surface area contributed by atoms with Crippen molar-refractivity contribution < 1.29 is 23.8 Å². The molecule has 1 saturated carbocycles. The van der Waals surface area contributed by atoms with Crippen LogP contribution in [0.15, 0.2) is 72.9 Å². The van der Waals surface area contributed by atoms with Crippen molar-refractivity contribution in [2.75, 3.05) is 33.9 Å². The van der Waals surface area contributed by atoms with Gasteiger partial charge in [-0.3, -0.25) is 9.59 Å². The zero-order valence-electron chi connectivity index (χ0n) is 23.9. The number of rotatable bonds is 13. The van der Waals surface area contributed by atoms with Crippen molar-refractivity contribution in [2.45, 2.75) is 38.8 Å². The molecule has 1 N–H and O–H groups in total. The molecule has 0 aliphatic heterocycles. The van der Waals surface area contributed by atoms with Crippen LogP contribution < -0.4 is 14.2 Å². The van der Waals surface area contributed by atoms with Crippen LogP contribution in [0.1, 0.15) is 41.3 Å². The third kappa shape index (κ3) is 6.82. The molecular formula is C33H37N3O5. The maximum Gasteiger partial charge on any atom is 0.254 e. The molecule has 41 heavy (non-hydrogen) atoms. The lowest BCUT2D eigenvalue weighted by Gasteiger charge is -2.28. The lowest BCUT2D eigenvalue weighted by Crippen LogP contribution is -2.44. The van der Waals surface area contributed by atoms with Gasteiger partial charge < -0.3 is 29.0 Å². The number of fused-ring (bicyclic) bond motifs is 1. The molecule has 0 radical (unpaired) electrons. The maximum atomic E-state index is 13.9. The summed E-state index contributed by atoms with van der Waals surface area (Å²) in [5.74, 6) is 1.58. The number of benzene rings is 3. The van der Waals surface area contributed by atoms with Gasteiger partial charge in [-0.05, 0) is 67.6 Å². The standard InChI is InChI=1S/C33H37N3O5/c1-4-41-27-13-9-23(10-14-27)21-35(16-15-24-20-34-31-8-6-5-7-30(24)31)32(37)22-36(26-11-12-26)33(38)25-17-28(39-2)19-29(18-25)40-3/h5-10,13-14,17-20,26,34H,4,11-12,15-16,21-22H2,1-3H3. The Kier molecular flexibility index (Phi) is 8.77. The number of H-pyrrole nitrogens is 1. The topological polar surface area (TPSA) is 84.1 Å². The summed E-state index contributed by atoms with van der Waals surface area (Å²) in [6.07, 6.45) is 4.47. The molecule has 8 heteroatoms. The van der Waals surface area contributed by atoms with E-state index in [1.807, 2.05) is 60.5 Å². The lowest BCUT2D eigenvalue weighted by atomic mass is 10.1. The smallest absolute Gasteiger partial charge is 0.254 e. The van der Waals surface area contributed by atoms with E-state index in [2.05, 4.69) is 11.1 Å². The monoisotopic (exact) mass is 555 g/mol. The van der Waals surface area contributed by atoms with E-state index in [1.54, 1.807) is 37.3 Å². The molecule has 214 valence electrons. The molecule has 4 aromatic rings. The van der Waals surface area contributed by atoms with Crippen LogP contribution in [0.3, 0.4) is 0 Å². The molecule has 0 saturated heterocycles. The summed E-state index contributed by atoms with van der Waals surface area (Å²) in [6, 6.07) is 21.2. The van der Waals surface area contributed by atoms with Gasteiger partial charge in [0.05, 0.1) is 20.8 Å². The normalized spacial score (nSPS) is 12.7. The largest absolute Gasteiger partial charge is 0.497 e. The number of carbonyl (C=O) groups excluding carboxylic acids is 2. The molecule has 0 unspecified atom stereocenters.